The highest BCUT2D eigenvalue weighted by Crippen LogP contribution is 2.25. The first kappa shape index (κ1) is 21.6. The van der Waals surface area contributed by atoms with Gasteiger partial charge in [0.1, 0.15) is 0 Å². The molecule has 1 atom stereocenters. The van der Waals surface area contributed by atoms with Gasteiger partial charge >= 0.3 is 6.03 Å². The van der Waals surface area contributed by atoms with Gasteiger partial charge in [-0.1, -0.05) is 30.3 Å². The van der Waals surface area contributed by atoms with Crippen molar-refractivity contribution >= 4 is 17.8 Å². The summed E-state index contributed by atoms with van der Waals surface area (Å²) in [7, 11) is 0. The standard InChI is InChI=1S/C23H32N4O4/c28-21-14-20(22(29)25-10-12-31-13-11-25)17-27(21)16-19-6-8-26(9-7-19)23(30)24-15-18-4-2-1-3-5-18/h1-5,19-20H,6-17H2,(H,24,30). The molecule has 0 bridgehead atoms. The smallest absolute Gasteiger partial charge is 0.317 e. The fourth-order valence-corrected chi connectivity index (χ4v) is 4.67. The third-order valence-corrected chi connectivity index (χ3v) is 6.55. The lowest BCUT2D eigenvalue weighted by atomic mass is 9.96. The molecule has 3 aliphatic heterocycles. The number of amides is 4. The van der Waals surface area contributed by atoms with Crippen molar-refractivity contribution in [3.8, 4) is 0 Å². The van der Waals surface area contributed by atoms with E-state index in [9.17, 15) is 14.4 Å². The number of ether oxygens (including phenoxy) is 1. The number of nitrogens with zero attached hydrogens (tertiary/aromatic N) is 3. The maximum Gasteiger partial charge on any atom is 0.317 e. The summed E-state index contributed by atoms with van der Waals surface area (Å²) in [5.41, 5.74) is 1.08. The zero-order valence-electron chi connectivity index (χ0n) is 18.0. The second-order valence-corrected chi connectivity index (χ2v) is 8.71. The highest BCUT2D eigenvalue weighted by Gasteiger charge is 2.38. The quantitative estimate of drug-likeness (QED) is 0.767. The summed E-state index contributed by atoms with van der Waals surface area (Å²) in [6.07, 6.45) is 2.08. The number of rotatable bonds is 5. The zero-order valence-corrected chi connectivity index (χ0v) is 18.0. The normalized spacial score (nSPS) is 22.6. The van der Waals surface area contributed by atoms with Crippen LogP contribution in [0.1, 0.15) is 24.8 Å². The average molecular weight is 429 g/mol. The molecule has 3 fully saturated rings. The maximum absolute atomic E-state index is 12.7. The molecule has 4 amide bonds. The first-order chi connectivity index (χ1) is 15.1. The van der Waals surface area contributed by atoms with Crippen LogP contribution in [0.5, 0.6) is 0 Å². The Kier molecular flexibility index (Phi) is 7.06. The van der Waals surface area contributed by atoms with Gasteiger partial charge in [-0.05, 0) is 24.3 Å². The minimum atomic E-state index is -0.227. The number of carbonyl (C=O) groups is 3. The lowest BCUT2D eigenvalue weighted by molar-refractivity contribution is -0.139. The molecule has 0 aliphatic carbocycles. The number of hydrogen-bond acceptors (Lipinski definition) is 4. The topological polar surface area (TPSA) is 82.2 Å². The van der Waals surface area contributed by atoms with E-state index >= 15 is 0 Å². The van der Waals surface area contributed by atoms with E-state index in [4.69, 9.17) is 4.74 Å². The Morgan fingerprint density at radius 2 is 1.71 bits per heavy atom. The number of nitrogens with one attached hydrogen (secondary N) is 1. The minimum Gasteiger partial charge on any atom is -0.378 e. The van der Waals surface area contributed by atoms with Crippen LogP contribution in [0.15, 0.2) is 30.3 Å². The van der Waals surface area contributed by atoms with Gasteiger partial charge in [-0.2, -0.15) is 0 Å². The third-order valence-electron chi connectivity index (χ3n) is 6.55. The molecule has 1 aromatic carbocycles. The molecule has 1 N–H and O–H groups in total. The van der Waals surface area contributed by atoms with Crippen LogP contribution in [0.25, 0.3) is 0 Å². The molecule has 3 saturated heterocycles. The van der Waals surface area contributed by atoms with Gasteiger partial charge in [0, 0.05) is 52.2 Å². The lowest BCUT2D eigenvalue weighted by Crippen LogP contribution is -2.46. The van der Waals surface area contributed by atoms with Gasteiger partial charge in [0.15, 0.2) is 0 Å². The molecule has 0 saturated carbocycles. The molecule has 4 rings (SSSR count). The Hall–Kier alpha value is -2.61. The molecule has 3 aliphatic rings. The van der Waals surface area contributed by atoms with Crippen LogP contribution in [0.4, 0.5) is 4.79 Å². The van der Waals surface area contributed by atoms with Crippen molar-refractivity contribution < 1.29 is 19.1 Å². The average Bonchev–Trinajstić information content (AvgIpc) is 3.18. The molecule has 31 heavy (non-hydrogen) atoms. The molecule has 168 valence electrons. The van der Waals surface area contributed by atoms with E-state index in [0.717, 1.165) is 18.4 Å². The van der Waals surface area contributed by atoms with E-state index in [-0.39, 0.29) is 23.8 Å². The maximum atomic E-state index is 12.7. The van der Waals surface area contributed by atoms with Crippen LogP contribution in [0.2, 0.25) is 0 Å². The van der Waals surface area contributed by atoms with Crippen molar-refractivity contribution in [3.63, 3.8) is 0 Å². The highest BCUT2D eigenvalue weighted by atomic mass is 16.5. The molecular formula is C23H32N4O4. The number of urea groups is 1. The molecule has 8 nitrogen and oxygen atoms in total. The lowest BCUT2D eigenvalue weighted by Gasteiger charge is -2.34. The van der Waals surface area contributed by atoms with Crippen molar-refractivity contribution in [1.82, 2.24) is 20.0 Å². The SMILES string of the molecule is O=C1CC(C(=O)N2CCOCC2)CN1CC1CCN(C(=O)NCc2ccccc2)CC1. The molecule has 1 unspecified atom stereocenters. The van der Waals surface area contributed by atoms with Crippen molar-refractivity contribution in [1.29, 1.82) is 0 Å². The fraction of sp³-hybridized carbons (Fsp3) is 0.609. The number of carbonyl (C=O) groups excluding carboxylic acids is 3. The summed E-state index contributed by atoms with van der Waals surface area (Å²) in [6.45, 7) is 5.52. The van der Waals surface area contributed by atoms with Gasteiger partial charge in [-0.3, -0.25) is 9.59 Å². The zero-order chi connectivity index (χ0) is 21.6. The fourth-order valence-electron chi connectivity index (χ4n) is 4.67. The van der Waals surface area contributed by atoms with Crippen LogP contribution in [-0.4, -0.2) is 85.0 Å². The van der Waals surface area contributed by atoms with Crippen molar-refractivity contribution in [2.24, 2.45) is 11.8 Å². The van der Waals surface area contributed by atoms with Crippen LogP contribution in [0.3, 0.4) is 0 Å². The number of likely N-dealkylation sites (tertiary alicyclic amines) is 2. The molecule has 3 heterocycles. The number of morpholine rings is 1. The van der Waals surface area contributed by atoms with Gasteiger partial charge in [0.05, 0.1) is 19.1 Å². The predicted octanol–water partition coefficient (Wildman–Crippen LogP) is 1.32. The van der Waals surface area contributed by atoms with E-state index < -0.39 is 0 Å². The predicted molar refractivity (Wildman–Crippen MR) is 115 cm³/mol. The summed E-state index contributed by atoms with van der Waals surface area (Å²) >= 11 is 0. The second-order valence-electron chi connectivity index (χ2n) is 8.71. The monoisotopic (exact) mass is 428 g/mol. The van der Waals surface area contributed by atoms with Gasteiger partial charge in [-0.15, -0.1) is 0 Å². The van der Waals surface area contributed by atoms with E-state index in [0.29, 0.717) is 71.4 Å². The van der Waals surface area contributed by atoms with Crippen molar-refractivity contribution in [2.45, 2.75) is 25.8 Å². The molecular weight excluding hydrogens is 396 g/mol. The van der Waals surface area contributed by atoms with Crippen LogP contribution < -0.4 is 5.32 Å². The number of piperidine rings is 1. The van der Waals surface area contributed by atoms with Crippen molar-refractivity contribution in [3.05, 3.63) is 35.9 Å². The van der Waals surface area contributed by atoms with Gasteiger partial charge in [0.2, 0.25) is 11.8 Å². The Bertz CT molecular complexity index is 773. The summed E-state index contributed by atoms with van der Waals surface area (Å²) < 4.78 is 5.31. The summed E-state index contributed by atoms with van der Waals surface area (Å²) in [6, 6.07) is 9.85. The van der Waals surface area contributed by atoms with Crippen molar-refractivity contribution in [2.75, 3.05) is 52.5 Å². The highest BCUT2D eigenvalue weighted by molar-refractivity contribution is 5.89. The molecule has 1 aromatic rings. The van der Waals surface area contributed by atoms with E-state index in [2.05, 4.69) is 5.32 Å². The summed E-state index contributed by atoms with van der Waals surface area (Å²) in [5.74, 6) is 0.313. The molecule has 0 spiro atoms. The Balaban J connectivity index is 1.19. The summed E-state index contributed by atoms with van der Waals surface area (Å²) in [5, 5.41) is 2.98. The van der Waals surface area contributed by atoms with E-state index in [1.54, 1.807) is 0 Å². The Labute approximate surface area is 183 Å². The van der Waals surface area contributed by atoms with Gasteiger partial charge in [0.25, 0.3) is 0 Å². The van der Waals surface area contributed by atoms with E-state index in [1.807, 2.05) is 45.0 Å². The molecule has 0 aromatic heterocycles. The van der Waals surface area contributed by atoms with E-state index in [1.165, 1.54) is 0 Å². The largest absolute Gasteiger partial charge is 0.378 e. The van der Waals surface area contributed by atoms with Gasteiger partial charge < -0.3 is 24.8 Å². The summed E-state index contributed by atoms with van der Waals surface area (Å²) in [4.78, 5) is 43.2. The third kappa shape index (κ3) is 5.55. The first-order valence-corrected chi connectivity index (χ1v) is 11.3. The number of benzene rings is 1. The molecule has 8 heteroatoms. The second kappa shape index (κ2) is 10.1. The van der Waals surface area contributed by atoms with Gasteiger partial charge in [-0.25, -0.2) is 4.79 Å². The van der Waals surface area contributed by atoms with Crippen LogP contribution in [0, 0.1) is 11.8 Å². The Morgan fingerprint density at radius 1 is 1.00 bits per heavy atom. The van der Waals surface area contributed by atoms with Crippen LogP contribution in [-0.2, 0) is 20.9 Å². The number of hydrogen-bond donors (Lipinski definition) is 1. The first-order valence-electron chi connectivity index (χ1n) is 11.3. The Morgan fingerprint density at radius 3 is 2.42 bits per heavy atom. The minimum absolute atomic E-state index is 0.0317. The molecule has 0 radical (unpaired) electrons. The van der Waals surface area contributed by atoms with Crippen LogP contribution >= 0.6 is 0 Å².